The van der Waals surface area contributed by atoms with Crippen LogP contribution in [0.1, 0.15) is 20.3 Å². The van der Waals surface area contributed by atoms with Gasteiger partial charge >= 0.3 is 0 Å². The molecule has 1 amide bonds. The lowest BCUT2D eigenvalue weighted by Crippen LogP contribution is -2.28. The van der Waals surface area contributed by atoms with Crippen molar-refractivity contribution < 1.29 is 4.79 Å². The molecule has 2 atom stereocenters. The number of halogens is 1. The van der Waals surface area contributed by atoms with Gasteiger partial charge in [-0.15, -0.1) is 0 Å². The van der Waals surface area contributed by atoms with E-state index in [1.54, 1.807) is 0 Å². The van der Waals surface area contributed by atoms with Crippen LogP contribution in [0.3, 0.4) is 0 Å². The Balaban J connectivity index is 3.83. The minimum absolute atomic E-state index is 0.0231. The normalized spacial score (nSPS) is 16.8. The molecule has 0 aromatic rings. The third-order valence-electron chi connectivity index (χ3n) is 1.36. The molecule has 2 unspecified atom stereocenters. The topological polar surface area (TPSA) is 43.1 Å². The van der Waals surface area contributed by atoms with Gasteiger partial charge in [-0.25, -0.2) is 0 Å². The highest BCUT2D eigenvalue weighted by molar-refractivity contribution is 9.09. The number of primary amides is 1. The third kappa shape index (κ3) is 2.84. The minimum Gasteiger partial charge on any atom is -0.369 e. The molecule has 9 heavy (non-hydrogen) atoms. The Kier molecular flexibility index (Phi) is 3.86. The van der Waals surface area contributed by atoms with Crippen LogP contribution in [-0.4, -0.2) is 10.7 Å². The molecule has 0 fully saturated rings. The van der Waals surface area contributed by atoms with Crippen molar-refractivity contribution in [1.82, 2.24) is 0 Å². The van der Waals surface area contributed by atoms with Crippen LogP contribution in [0, 0.1) is 5.92 Å². The molecule has 0 radical (unpaired) electrons. The maximum absolute atomic E-state index is 10.6. The molecule has 54 valence electrons. The molecule has 0 aliphatic heterocycles. The van der Waals surface area contributed by atoms with Crippen molar-refractivity contribution in [3.05, 3.63) is 0 Å². The molecule has 3 heteroatoms. The summed E-state index contributed by atoms with van der Waals surface area (Å²) in [6, 6.07) is 0. The summed E-state index contributed by atoms with van der Waals surface area (Å²) in [6.07, 6.45) is 0.807. The van der Waals surface area contributed by atoms with E-state index in [2.05, 4.69) is 15.9 Å². The molecule has 0 saturated carbocycles. The first-order chi connectivity index (χ1) is 4.09. The van der Waals surface area contributed by atoms with E-state index in [4.69, 9.17) is 5.73 Å². The Hall–Kier alpha value is -0.0500. The van der Waals surface area contributed by atoms with Crippen LogP contribution in [0.15, 0.2) is 0 Å². The number of carbonyl (C=O) groups excluding carboxylic acids is 1. The van der Waals surface area contributed by atoms with Gasteiger partial charge in [-0.1, -0.05) is 29.8 Å². The highest BCUT2D eigenvalue weighted by atomic mass is 79.9. The zero-order chi connectivity index (χ0) is 7.44. The van der Waals surface area contributed by atoms with Crippen LogP contribution >= 0.6 is 15.9 Å². The maximum Gasteiger partial charge on any atom is 0.221 e. The summed E-state index contributed by atoms with van der Waals surface area (Å²) in [7, 11) is 0. The second kappa shape index (κ2) is 3.88. The average Bonchev–Trinajstić information content (AvgIpc) is 1.64. The van der Waals surface area contributed by atoms with Crippen LogP contribution in [0.5, 0.6) is 0 Å². The number of hydrogen-bond donors (Lipinski definition) is 1. The lowest BCUT2D eigenvalue weighted by molar-refractivity contribution is -0.121. The van der Waals surface area contributed by atoms with Crippen LogP contribution in [0.4, 0.5) is 0 Å². The molecule has 0 aromatic carbocycles. The van der Waals surface area contributed by atoms with Gasteiger partial charge in [0, 0.05) is 10.7 Å². The van der Waals surface area contributed by atoms with Crippen LogP contribution in [-0.2, 0) is 4.79 Å². The number of rotatable bonds is 3. The van der Waals surface area contributed by atoms with Crippen LogP contribution in [0.2, 0.25) is 0 Å². The first-order valence-corrected chi connectivity index (χ1v) is 3.94. The summed E-state index contributed by atoms with van der Waals surface area (Å²) < 4.78 is 0. The Bertz CT molecular complexity index is 103. The fourth-order valence-corrected chi connectivity index (χ4v) is 1.39. The lowest BCUT2D eigenvalue weighted by Gasteiger charge is -2.11. The first-order valence-electron chi connectivity index (χ1n) is 3.03. The highest BCUT2D eigenvalue weighted by Gasteiger charge is 2.17. The number of carbonyl (C=O) groups is 1. The van der Waals surface area contributed by atoms with Crippen molar-refractivity contribution in [2.24, 2.45) is 11.7 Å². The standard InChI is InChI=1S/C6H12BrNO/c1-3-5(4(2)7)6(8)9/h4-5H,3H2,1-2H3,(H2,8,9). The molecule has 0 saturated heterocycles. The summed E-state index contributed by atoms with van der Waals surface area (Å²) in [5, 5.41) is 0. The van der Waals surface area contributed by atoms with Crippen molar-refractivity contribution in [1.29, 1.82) is 0 Å². The zero-order valence-corrected chi connectivity index (χ0v) is 7.31. The fourth-order valence-electron chi connectivity index (χ4n) is 0.752. The summed E-state index contributed by atoms with van der Waals surface area (Å²) >= 11 is 3.30. The third-order valence-corrected chi connectivity index (χ3v) is 2.00. The van der Waals surface area contributed by atoms with Gasteiger partial charge in [0.05, 0.1) is 0 Å². The van der Waals surface area contributed by atoms with E-state index < -0.39 is 0 Å². The molecule has 0 aliphatic rings. The molecule has 0 aromatic heterocycles. The van der Waals surface area contributed by atoms with Gasteiger partial charge < -0.3 is 5.73 Å². The van der Waals surface area contributed by atoms with Gasteiger partial charge in [-0.3, -0.25) is 4.79 Å². The number of alkyl halides is 1. The Morgan fingerprint density at radius 1 is 1.78 bits per heavy atom. The van der Waals surface area contributed by atoms with E-state index in [9.17, 15) is 4.79 Å². The largest absolute Gasteiger partial charge is 0.369 e. The summed E-state index contributed by atoms with van der Waals surface area (Å²) in [6.45, 7) is 3.88. The van der Waals surface area contributed by atoms with E-state index in [0.717, 1.165) is 6.42 Å². The average molecular weight is 194 g/mol. The Morgan fingerprint density at radius 3 is 2.22 bits per heavy atom. The van der Waals surface area contributed by atoms with Crippen molar-refractivity contribution in [3.63, 3.8) is 0 Å². The molecular weight excluding hydrogens is 182 g/mol. The molecular formula is C6H12BrNO. The molecule has 2 nitrogen and oxygen atoms in total. The molecule has 0 bridgehead atoms. The molecule has 0 heterocycles. The van der Waals surface area contributed by atoms with Gasteiger partial charge in [-0.05, 0) is 6.42 Å². The second-order valence-corrected chi connectivity index (χ2v) is 3.54. The van der Waals surface area contributed by atoms with Gasteiger partial charge in [0.15, 0.2) is 0 Å². The van der Waals surface area contributed by atoms with Crippen LogP contribution in [0.25, 0.3) is 0 Å². The minimum atomic E-state index is -0.220. The van der Waals surface area contributed by atoms with E-state index in [1.165, 1.54) is 0 Å². The van der Waals surface area contributed by atoms with Crippen molar-refractivity contribution >= 4 is 21.8 Å². The van der Waals surface area contributed by atoms with Crippen molar-refractivity contribution in [2.75, 3.05) is 0 Å². The van der Waals surface area contributed by atoms with Crippen molar-refractivity contribution in [3.8, 4) is 0 Å². The van der Waals surface area contributed by atoms with Gasteiger partial charge in [0.1, 0.15) is 0 Å². The SMILES string of the molecule is CCC(C(N)=O)C(C)Br. The summed E-state index contributed by atoms with van der Waals surface area (Å²) in [4.78, 5) is 10.8. The first kappa shape index (κ1) is 8.95. The Morgan fingerprint density at radius 2 is 2.22 bits per heavy atom. The second-order valence-electron chi connectivity index (χ2n) is 2.09. The monoisotopic (exact) mass is 193 g/mol. The van der Waals surface area contributed by atoms with E-state index in [-0.39, 0.29) is 16.7 Å². The van der Waals surface area contributed by atoms with Crippen molar-refractivity contribution in [2.45, 2.75) is 25.1 Å². The summed E-state index contributed by atoms with van der Waals surface area (Å²) in [5.74, 6) is -0.244. The van der Waals surface area contributed by atoms with Crippen LogP contribution < -0.4 is 5.73 Å². The highest BCUT2D eigenvalue weighted by Crippen LogP contribution is 2.14. The van der Waals surface area contributed by atoms with E-state index in [0.29, 0.717) is 0 Å². The number of amides is 1. The maximum atomic E-state index is 10.6. The quantitative estimate of drug-likeness (QED) is 0.675. The molecule has 0 spiro atoms. The van der Waals surface area contributed by atoms with E-state index in [1.807, 2.05) is 13.8 Å². The molecule has 0 rings (SSSR count). The lowest BCUT2D eigenvalue weighted by atomic mass is 10.0. The van der Waals surface area contributed by atoms with Gasteiger partial charge in [-0.2, -0.15) is 0 Å². The van der Waals surface area contributed by atoms with Gasteiger partial charge in [0.2, 0.25) is 5.91 Å². The fraction of sp³-hybridized carbons (Fsp3) is 0.833. The summed E-state index contributed by atoms with van der Waals surface area (Å²) in [5.41, 5.74) is 5.08. The predicted molar refractivity (Wildman–Crippen MR) is 41.4 cm³/mol. The predicted octanol–water partition coefficient (Wildman–Crippen LogP) is 1.28. The molecule has 0 aliphatic carbocycles. The van der Waals surface area contributed by atoms with Gasteiger partial charge in [0.25, 0.3) is 0 Å². The Labute approximate surface area is 63.9 Å². The number of hydrogen-bond acceptors (Lipinski definition) is 1. The van der Waals surface area contributed by atoms with E-state index >= 15 is 0 Å². The molecule has 2 N–H and O–H groups in total. The zero-order valence-electron chi connectivity index (χ0n) is 5.73. The number of nitrogens with two attached hydrogens (primary N) is 1. The smallest absolute Gasteiger partial charge is 0.221 e.